The molecule has 5 nitrogen and oxygen atoms in total. The van der Waals surface area contributed by atoms with Crippen LogP contribution >= 0.6 is 0 Å². The van der Waals surface area contributed by atoms with Gasteiger partial charge in [-0.1, -0.05) is 25.1 Å². The van der Waals surface area contributed by atoms with Crippen molar-refractivity contribution in [3.63, 3.8) is 0 Å². The zero-order valence-corrected chi connectivity index (χ0v) is 15.2. The Morgan fingerprint density at radius 3 is 2.96 bits per heavy atom. The number of benzene rings is 1. The first kappa shape index (κ1) is 17.5. The van der Waals surface area contributed by atoms with Gasteiger partial charge >= 0.3 is 0 Å². The zero-order valence-electron chi connectivity index (χ0n) is 15.2. The SMILES string of the molecule is CCC1CCCCN1c1ccnc(NCCc2ccccc2OC)n1. The van der Waals surface area contributed by atoms with Gasteiger partial charge in [-0.3, -0.25) is 0 Å². The van der Waals surface area contributed by atoms with Gasteiger partial charge in [-0.15, -0.1) is 0 Å². The van der Waals surface area contributed by atoms with Crippen molar-refractivity contribution in [3.05, 3.63) is 42.1 Å². The molecule has 0 spiro atoms. The van der Waals surface area contributed by atoms with Crippen LogP contribution in [-0.2, 0) is 6.42 Å². The summed E-state index contributed by atoms with van der Waals surface area (Å²) >= 11 is 0. The smallest absolute Gasteiger partial charge is 0.224 e. The highest BCUT2D eigenvalue weighted by Crippen LogP contribution is 2.25. The average molecular weight is 340 g/mol. The van der Waals surface area contributed by atoms with Crippen LogP contribution in [0.4, 0.5) is 11.8 Å². The second kappa shape index (κ2) is 8.70. The number of hydrogen-bond acceptors (Lipinski definition) is 5. The lowest BCUT2D eigenvalue weighted by atomic mass is 10.0. The Hall–Kier alpha value is -2.30. The van der Waals surface area contributed by atoms with E-state index in [2.05, 4.69) is 28.2 Å². The molecular weight excluding hydrogens is 312 g/mol. The number of para-hydroxylation sites is 1. The van der Waals surface area contributed by atoms with Crippen LogP contribution in [0.1, 0.15) is 38.2 Å². The first-order valence-electron chi connectivity index (χ1n) is 9.27. The summed E-state index contributed by atoms with van der Waals surface area (Å²) < 4.78 is 5.40. The highest BCUT2D eigenvalue weighted by atomic mass is 16.5. The van der Waals surface area contributed by atoms with E-state index in [0.717, 1.165) is 31.1 Å². The number of nitrogens with zero attached hydrogens (tertiary/aromatic N) is 3. The molecule has 3 rings (SSSR count). The Balaban J connectivity index is 1.62. The molecule has 0 radical (unpaired) electrons. The molecule has 0 amide bonds. The summed E-state index contributed by atoms with van der Waals surface area (Å²) in [7, 11) is 1.71. The molecule has 1 atom stereocenters. The van der Waals surface area contributed by atoms with E-state index in [0.29, 0.717) is 12.0 Å². The van der Waals surface area contributed by atoms with Gasteiger partial charge in [0.05, 0.1) is 7.11 Å². The molecule has 1 aliphatic heterocycles. The van der Waals surface area contributed by atoms with Crippen LogP contribution in [0.5, 0.6) is 5.75 Å². The fourth-order valence-corrected chi connectivity index (χ4v) is 3.54. The number of hydrogen-bond donors (Lipinski definition) is 1. The molecule has 1 aromatic heterocycles. The van der Waals surface area contributed by atoms with Crippen molar-refractivity contribution in [2.45, 2.75) is 45.1 Å². The zero-order chi connectivity index (χ0) is 17.5. The third kappa shape index (κ3) is 4.41. The molecule has 2 heterocycles. The number of piperidine rings is 1. The molecule has 2 aromatic rings. The third-order valence-corrected chi connectivity index (χ3v) is 4.90. The minimum atomic E-state index is 0.602. The number of methoxy groups -OCH3 is 1. The summed E-state index contributed by atoms with van der Waals surface area (Å²) in [5.74, 6) is 2.67. The maximum absolute atomic E-state index is 5.40. The van der Waals surface area contributed by atoms with E-state index in [9.17, 15) is 0 Å². The number of nitrogens with one attached hydrogen (secondary N) is 1. The van der Waals surface area contributed by atoms with E-state index in [1.807, 2.05) is 30.5 Å². The molecule has 0 aliphatic carbocycles. The second-order valence-corrected chi connectivity index (χ2v) is 6.48. The lowest BCUT2D eigenvalue weighted by Gasteiger charge is -2.36. The summed E-state index contributed by atoms with van der Waals surface area (Å²) in [5, 5.41) is 3.35. The summed E-state index contributed by atoms with van der Waals surface area (Å²) in [5.41, 5.74) is 1.19. The fourth-order valence-electron chi connectivity index (χ4n) is 3.54. The highest BCUT2D eigenvalue weighted by Gasteiger charge is 2.22. The number of aromatic nitrogens is 2. The summed E-state index contributed by atoms with van der Waals surface area (Å²) in [6.07, 6.45) is 7.73. The van der Waals surface area contributed by atoms with E-state index in [1.54, 1.807) is 7.11 Å². The van der Waals surface area contributed by atoms with E-state index >= 15 is 0 Å². The van der Waals surface area contributed by atoms with Crippen molar-refractivity contribution in [1.82, 2.24) is 9.97 Å². The van der Waals surface area contributed by atoms with Crippen LogP contribution in [0.25, 0.3) is 0 Å². The molecule has 0 bridgehead atoms. The predicted molar refractivity (Wildman–Crippen MR) is 102 cm³/mol. The lowest BCUT2D eigenvalue weighted by Crippen LogP contribution is -2.39. The maximum atomic E-state index is 5.40. The molecule has 1 unspecified atom stereocenters. The summed E-state index contributed by atoms with van der Waals surface area (Å²) in [6, 6.07) is 10.7. The Bertz CT molecular complexity index is 676. The molecule has 1 saturated heterocycles. The second-order valence-electron chi connectivity index (χ2n) is 6.48. The van der Waals surface area contributed by atoms with Crippen molar-refractivity contribution in [1.29, 1.82) is 0 Å². The summed E-state index contributed by atoms with van der Waals surface area (Å²) in [4.78, 5) is 11.6. The quantitative estimate of drug-likeness (QED) is 0.828. The van der Waals surface area contributed by atoms with Crippen LogP contribution in [0.2, 0.25) is 0 Å². The number of rotatable bonds is 7. The molecule has 25 heavy (non-hydrogen) atoms. The van der Waals surface area contributed by atoms with E-state index in [1.165, 1.54) is 31.2 Å². The first-order valence-corrected chi connectivity index (χ1v) is 9.27. The largest absolute Gasteiger partial charge is 0.496 e. The van der Waals surface area contributed by atoms with Crippen molar-refractivity contribution in [2.75, 3.05) is 30.4 Å². The van der Waals surface area contributed by atoms with Gasteiger partial charge in [-0.2, -0.15) is 4.98 Å². The van der Waals surface area contributed by atoms with E-state index in [-0.39, 0.29) is 0 Å². The minimum Gasteiger partial charge on any atom is -0.496 e. The molecule has 1 aliphatic rings. The van der Waals surface area contributed by atoms with Gasteiger partial charge < -0.3 is 15.0 Å². The predicted octanol–water partition coefficient (Wildman–Crippen LogP) is 3.91. The summed E-state index contributed by atoms with van der Waals surface area (Å²) in [6.45, 7) is 4.13. The normalized spacial score (nSPS) is 17.4. The Labute approximate surface area is 150 Å². The molecule has 1 aromatic carbocycles. The average Bonchev–Trinajstić information content (AvgIpc) is 2.68. The van der Waals surface area contributed by atoms with Gasteiger partial charge in [-0.05, 0) is 49.8 Å². The van der Waals surface area contributed by atoms with Crippen molar-refractivity contribution in [2.24, 2.45) is 0 Å². The Kier molecular flexibility index (Phi) is 6.09. The minimum absolute atomic E-state index is 0.602. The van der Waals surface area contributed by atoms with Gasteiger partial charge in [0.2, 0.25) is 5.95 Å². The molecule has 134 valence electrons. The lowest BCUT2D eigenvalue weighted by molar-refractivity contribution is 0.410. The van der Waals surface area contributed by atoms with Crippen LogP contribution in [0, 0.1) is 0 Å². The molecule has 5 heteroatoms. The third-order valence-electron chi connectivity index (χ3n) is 4.90. The van der Waals surface area contributed by atoms with Gasteiger partial charge in [0.25, 0.3) is 0 Å². The monoisotopic (exact) mass is 340 g/mol. The number of ether oxygens (including phenoxy) is 1. The Morgan fingerprint density at radius 2 is 2.12 bits per heavy atom. The van der Waals surface area contributed by atoms with Crippen LogP contribution in [0.3, 0.4) is 0 Å². The standard InChI is InChI=1S/C20H28N4O/c1-3-17-9-6-7-15-24(17)19-12-14-22-20(23-19)21-13-11-16-8-4-5-10-18(16)25-2/h4-5,8,10,12,14,17H,3,6-7,9,11,13,15H2,1-2H3,(H,21,22,23). The van der Waals surface area contributed by atoms with Crippen molar-refractivity contribution >= 4 is 11.8 Å². The van der Waals surface area contributed by atoms with Crippen LogP contribution in [0.15, 0.2) is 36.5 Å². The molecule has 0 saturated carbocycles. The molecule has 1 fully saturated rings. The van der Waals surface area contributed by atoms with E-state index in [4.69, 9.17) is 9.72 Å². The van der Waals surface area contributed by atoms with Crippen molar-refractivity contribution < 1.29 is 4.74 Å². The van der Waals surface area contributed by atoms with Gasteiger partial charge in [0.1, 0.15) is 11.6 Å². The highest BCUT2D eigenvalue weighted by molar-refractivity contribution is 5.44. The number of anilines is 2. The van der Waals surface area contributed by atoms with Crippen molar-refractivity contribution in [3.8, 4) is 5.75 Å². The topological polar surface area (TPSA) is 50.3 Å². The van der Waals surface area contributed by atoms with Crippen LogP contribution in [-0.4, -0.2) is 36.2 Å². The van der Waals surface area contributed by atoms with Gasteiger partial charge in [0, 0.05) is 25.3 Å². The molecule has 1 N–H and O–H groups in total. The van der Waals surface area contributed by atoms with E-state index < -0.39 is 0 Å². The van der Waals surface area contributed by atoms with Gasteiger partial charge in [0.15, 0.2) is 0 Å². The first-order chi connectivity index (χ1) is 12.3. The van der Waals surface area contributed by atoms with Gasteiger partial charge in [-0.25, -0.2) is 4.98 Å². The fraction of sp³-hybridized carbons (Fsp3) is 0.500. The maximum Gasteiger partial charge on any atom is 0.224 e. The molecular formula is C20H28N4O. The Morgan fingerprint density at radius 1 is 1.24 bits per heavy atom. The van der Waals surface area contributed by atoms with Crippen LogP contribution < -0.4 is 15.0 Å².